The molecule has 0 saturated heterocycles. The Hall–Kier alpha value is -2.63. The van der Waals surface area contributed by atoms with Crippen molar-refractivity contribution in [1.82, 2.24) is 4.90 Å². The van der Waals surface area contributed by atoms with E-state index in [2.05, 4.69) is 0 Å². The van der Waals surface area contributed by atoms with Crippen molar-refractivity contribution in [2.75, 3.05) is 20.3 Å². The molecule has 1 aliphatic heterocycles. The van der Waals surface area contributed by atoms with Crippen molar-refractivity contribution >= 4 is 28.5 Å². The number of hydrogen-bond donors (Lipinski definition) is 0. The minimum Gasteiger partial charge on any atom is -0.450 e. The molecule has 1 aromatic heterocycles. The Morgan fingerprint density at radius 2 is 1.93 bits per heavy atom. The van der Waals surface area contributed by atoms with Gasteiger partial charge >= 0.3 is 0 Å². The average Bonchev–Trinajstić information content (AvgIpc) is 2.97. The van der Waals surface area contributed by atoms with E-state index in [0.717, 1.165) is 11.1 Å². The van der Waals surface area contributed by atoms with Crippen LogP contribution >= 0.6 is 11.6 Å². The predicted octanol–water partition coefficient (Wildman–Crippen LogP) is 4.34. The highest BCUT2D eigenvalue weighted by atomic mass is 35.5. The van der Waals surface area contributed by atoms with E-state index in [1.165, 1.54) is 0 Å². The lowest BCUT2D eigenvalue weighted by Gasteiger charge is -2.25. The van der Waals surface area contributed by atoms with Crippen LogP contribution < -0.4 is 5.43 Å². The summed E-state index contributed by atoms with van der Waals surface area (Å²) in [6.07, 6.45) is 0.665. The number of hydrogen-bond acceptors (Lipinski definition) is 4. The molecule has 2 heterocycles. The second-order valence-electron chi connectivity index (χ2n) is 6.93. The van der Waals surface area contributed by atoms with Crippen LogP contribution in [0.2, 0.25) is 5.02 Å². The maximum absolute atomic E-state index is 13.4. The lowest BCUT2D eigenvalue weighted by atomic mass is 9.98. The molecule has 0 radical (unpaired) electrons. The third-order valence-electron chi connectivity index (χ3n) is 5.11. The Bertz CT molecular complexity index is 1110. The molecule has 0 aliphatic carbocycles. The van der Waals surface area contributed by atoms with Gasteiger partial charge in [0.25, 0.3) is 5.91 Å². The van der Waals surface area contributed by atoms with Gasteiger partial charge in [-0.3, -0.25) is 9.59 Å². The molecule has 6 heteroatoms. The van der Waals surface area contributed by atoms with Crippen molar-refractivity contribution in [3.05, 3.63) is 80.2 Å². The molecule has 1 unspecified atom stereocenters. The minimum absolute atomic E-state index is 0.116. The smallest absolute Gasteiger partial charge is 0.290 e. The minimum atomic E-state index is -0.485. The van der Waals surface area contributed by atoms with Crippen LogP contribution in [0.5, 0.6) is 0 Å². The molecule has 0 fully saturated rings. The van der Waals surface area contributed by atoms with Crippen LogP contribution in [-0.2, 0) is 4.74 Å². The monoisotopic (exact) mass is 397 g/mol. The summed E-state index contributed by atoms with van der Waals surface area (Å²) in [7, 11) is 1.62. The number of carbonyl (C=O) groups is 1. The first-order valence-electron chi connectivity index (χ1n) is 9.14. The fourth-order valence-electron chi connectivity index (χ4n) is 3.73. The zero-order valence-electron chi connectivity index (χ0n) is 15.7. The molecule has 0 bridgehead atoms. The molecule has 28 heavy (non-hydrogen) atoms. The fraction of sp³-hybridized carbons (Fsp3) is 0.273. The third-order valence-corrected chi connectivity index (χ3v) is 5.52. The second-order valence-corrected chi connectivity index (χ2v) is 7.34. The molecule has 0 spiro atoms. The number of benzene rings is 2. The first kappa shape index (κ1) is 18.7. The van der Waals surface area contributed by atoms with E-state index in [4.69, 9.17) is 20.8 Å². The number of amides is 1. The Morgan fingerprint density at radius 1 is 1.18 bits per heavy atom. The number of methoxy groups -OCH3 is 1. The van der Waals surface area contributed by atoms with Crippen molar-refractivity contribution in [3.8, 4) is 0 Å². The van der Waals surface area contributed by atoms with Crippen LogP contribution in [0.3, 0.4) is 0 Å². The zero-order chi connectivity index (χ0) is 19.8. The normalized spacial score (nSPS) is 16.0. The summed E-state index contributed by atoms with van der Waals surface area (Å²) >= 11 is 6.23. The van der Waals surface area contributed by atoms with Gasteiger partial charge in [-0.15, -0.1) is 0 Å². The highest BCUT2D eigenvalue weighted by molar-refractivity contribution is 6.32. The molecule has 3 aromatic rings. The molecule has 1 atom stereocenters. The Labute approximate surface area is 167 Å². The van der Waals surface area contributed by atoms with Crippen molar-refractivity contribution in [2.24, 2.45) is 0 Å². The van der Waals surface area contributed by atoms with Gasteiger partial charge in [-0.2, -0.15) is 0 Å². The van der Waals surface area contributed by atoms with E-state index in [-0.39, 0.29) is 17.1 Å². The summed E-state index contributed by atoms with van der Waals surface area (Å²) < 4.78 is 11.1. The van der Waals surface area contributed by atoms with Crippen molar-refractivity contribution in [3.63, 3.8) is 0 Å². The number of fused-ring (bicyclic) bond motifs is 2. The lowest BCUT2D eigenvalue weighted by Crippen LogP contribution is -2.31. The first-order chi connectivity index (χ1) is 13.5. The number of rotatable bonds is 5. The van der Waals surface area contributed by atoms with E-state index in [1.807, 2.05) is 37.3 Å². The second kappa shape index (κ2) is 7.41. The Balaban J connectivity index is 1.93. The fourth-order valence-corrected chi connectivity index (χ4v) is 3.90. The van der Waals surface area contributed by atoms with Gasteiger partial charge in [0.2, 0.25) is 5.76 Å². The zero-order valence-corrected chi connectivity index (χ0v) is 16.5. The highest BCUT2D eigenvalue weighted by Crippen LogP contribution is 2.38. The van der Waals surface area contributed by atoms with Crippen molar-refractivity contribution in [2.45, 2.75) is 19.4 Å². The SMILES string of the molecule is COCCCN1C(=O)c2oc3cc(C)c(Cl)cc3c(=O)c2C1c1ccccc1. The third kappa shape index (κ3) is 3.01. The first-order valence-corrected chi connectivity index (χ1v) is 9.52. The Kier molecular flexibility index (Phi) is 4.96. The number of ether oxygens (including phenoxy) is 1. The van der Waals surface area contributed by atoms with E-state index < -0.39 is 6.04 Å². The molecule has 144 valence electrons. The number of nitrogens with zero attached hydrogens (tertiary/aromatic N) is 1. The number of carbonyl (C=O) groups excluding carboxylic acids is 1. The van der Waals surface area contributed by atoms with E-state index in [0.29, 0.717) is 41.1 Å². The van der Waals surface area contributed by atoms with E-state index in [9.17, 15) is 9.59 Å². The molecule has 0 saturated carbocycles. The summed E-state index contributed by atoms with van der Waals surface area (Å²) in [4.78, 5) is 28.2. The van der Waals surface area contributed by atoms with Gasteiger partial charge < -0.3 is 14.1 Å². The van der Waals surface area contributed by atoms with E-state index in [1.54, 1.807) is 24.1 Å². The Morgan fingerprint density at radius 3 is 2.64 bits per heavy atom. The van der Waals surface area contributed by atoms with Crippen LogP contribution in [0.25, 0.3) is 11.0 Å². The van der Waals surface area contributed by atoms with Crippen molar-refractivity contribution < 1.29 is 13.9 Å². The summed E-state index contributed by atoms with van der Waals surface area (Å²) in [5.74, 6) is -0.156. The summed E-state index contributed by atoms with van der Waals surface area (Å²) in [5.41, 5.74) is 2.20. The van der Waals surface area contributed by atoms with Crippen molar-refractivity contribution in [1.29, 1.82) is 0 Å². The maximum Gasteiger partial charge on any atom is 0.290 e. The largest absolute Gasteiger partial charge is 0.450 e. The van der Waals surface area contributed by atoms with Crippen LogP contribution in [0.4, 0.5) is 0 Å². The molecule has 1 aliphatic rings. The molecule has 0 N–H and O–H groups in total. The molecular formula is C22H20ClNO4. The highest BCUT2D eigenvalue weighted by Gasteiger charge is 2.42. The van der Waals surface area contributed by atoms with Crippen LogP contribution in [0.1, 0.15) is 39.7 Å². The van der Waals surface area contributed by atoms with Gasteiger partial charge in [-0.05, 0) is 36.6 Å². The topological polar surface area (TPSA) is 59.8 Å². The summed E-state index contributed by atoms with van der Waals surface area (Å²) in [5, 5.41) is 0.888. The average molecular weight is 398 g/mol. The molecule has 2 aromatic carbocycles. The summed E-state index contributed by atoms with van der Waals surface area (Å²) in [6.45, 7) is 2.83. The summed E-state index contributed by atoms with van der Waals surface area (Å²) in [6, 6.07) is 12.4. The molecular weight excluding hydrogens is 378 g/mol. The number of halogens is 1. The van der Waals surface area contributed by atoms with Crippen LogP contribution in [0, 0.1) is 6.92 Å². The van der Waals surface area contributed by atoms with Gasteiger partial charge in [-0.25, -0.2) is 0 Å². The quantitative estimate of drug-likeness (QED) is 0.601. The van der Waals surface area contributed by atoms with Gasteiger partial charge in [0.1, 0.15) is 5.58 Å². The maximum atomic E-state index is 13.4. The predicted molar refractivity (Wildman–Crippen MR) is 108 cm³/mol. The standard InChI is InChI=1S/C22H20ClNO4/c1-13-11-17-15(12-16(13)23)20(25)18-19(14-7-4-3-5-8-14)24(9-6-10-27-2)22(26)21(18)28-17/h3-5,7-8,11-12,19H,6,9-10H2,1-2H3. The van der Waals surface area contributed by atoms with Gasteiger partial charge in [0.05, 0.1) is 17.0 Å². The number of aryl methyl sites for hydroxylation is 1. The molecule has 4 rings (SSSR count). The van der Waals surface area contributed by atoms with E-state index >= 15 is 0 Å². The lowest BCUT2D eigenvalue weighted by molar-refractivity contribution is 0.0708. The van der Waals surface area contributed by atoms with Crippen LogP contribution in [0.15, 0.2) is 51.7 Å². The van der Waals surface area contributed by atoms with Gasteiger partial charge in [0, 0.05) is 25.3 Å². The molecule has 1 amide bonds. The van der Waals surface area contributed by atoms with Crippen LogP contribution in [-0.4, -0.2) is 31.1 Å². The van der Waals surface area contributed by atoms with Gasteiger partial charge in [-0.1, -0.05) is 41.9 Å². The van der Waals surface area contributed by atoms with Gasteiger partial charge in [0.15, 0.2) is 5.43 Å². The molecule has 5 nitrogen and oxygen atoms in total.